The third-order valence-corrected chi connectivity index (χ3v) is 5.56. The smallest absolute Gasteiger partial charge is 0.410 e. The Kier molecular flexibility index (Phi) is 6.64. The Labute approximate surface area is 180 Å². The van der Waals surface area contributed by atoms with Crippen molar-refractivity contribution in [3.8, 4) is 0 Å². The molecule has 1 N–H and O–H groups in total. The molecule has 0 aromatic rings. The van der Waals surface area contributed by atoms with E-state index in [0.717, 1.165) is 4.90 Å². The third kappa shape index (κ3) is 5.96. The fourth-order valence-corrected chi connectivity index (χ4v) is 4.18. The van der Waals surface area contributed by atoms with E-state index in [1.165, 1.54) is 0 Å². The molecular formula is C17H27N4O9S-. The molecule has 0 unspecified atom stereocenters. The second-order valence-electron chi connectivity index (χ2n) is 8.74. The van der Waals surface area contributed by atoms with Gasteiger partial charge in [0.1, 0.15) is 11.6 Å². The molecule has 3 aliphatic rings. The zero-order valence-electron chi connectivity index (χ0n) is 17.6. The van der Waals surface area contributed by atoms with Crippen LogP contribution in [0.2, 0.25) is 0 Å². The van der Waals surface area contributed by atoms with Crippen LogP contribution >= 0.6 is 0 Å². The van der Waals surface area contributed by atoms with Crippen LogP contribution in [0, 0.1) is 0 Å². The first-order valence-electron chi connectivity index (χ1n) is 10.0. The van der Waals surface area contributed by atoms with Gasteiger partial charge < -0.3 is 19.1 Å². The van der Waals surface area contributed by atoms with Crippen molar-refractivity contribution in [3.63, 3.8) is 0 Å². The topological polar surface area (TPSA) is 158 Å². The van der Waals surface area contributed by atoms with Gasteiger partial charge in [-0.05, 0) is 46.5 Å². The monoisotopic (exact) mass is 463 g/mol. The third-order valence-electron chi connectivity index (χ3n) is 5.22. The maximum absolute atomic E-state index is 12.5. The highest BCUT2D eigenvalue weighted by Gasteiger charge is 2.49. The number of carbonyl (C=O) groups excluding carboxylic acids is 3. The minimum Gasteiger partial charge on any atom is -0.724 e. The van der Waals surface area contributed by atoms with Crippen molar-refractivity contribution >= 4 is 28.4 Å². The van der Waals surface area contributed by atoms with Crippen molar-refractivity contribution in [1.82, 2.24) is 20.3 Å². The lowest BCUT2D eigenvalue weighted by atomic mass is 10.0. The van der Waals surface area contributed by atoms with E-state index >= 15 is 0 Å². The molecule has 176 valence electrons. The number of nitrogens with one attached hydrogen (secondary N) is 1. The zero-order valence-corrected chi connectivity index (χ0v) is 18.4. The molecule has 0 saturated carbocycles. The molecule has 3 aliphatic heterocycles. The van der Waals surface area contributed by atoms with Crippen LogP contribution in [0.4, 0.5) is 9.59 Å². The fourth-order valence-electron chi connectivity index (χ4n) is 3.79. The molecule has 0 aliphatic carbocycles. The number of ether oxygens (including phenoxy) is 1. The molecule has 0 aromatic carbocycles. The normalized spacial score (nSPS) is 25.0. The molecular weight excluding hydrogens is 436 g/mol. The number of hydrogen-bond donors (Lipinski definition) is 1. The number of fused-ring (bicyclic) bond motifs is 2. The van der Waals surface area contributed by atoms with Gasteiger partial charge >= 0.3 is 12.1 Å². The standard InChI is InChI=1S/C17H28N4O9S/c1-17(2,3)28-16(24)19-8-6-12(7-9-19)29-18-14(22)13-5-4-11-10-20(13)15(23)21(11)30-31(25,26)27/h11-13H,4-10H2,1-3H3,(H,18,22)(H,25,26,27)/p-1/t11-,13+/m1/s1. The van der Waals surface area contributed by atoms with E-state index in [1.807, 2.05) is 0 Å². The summed E-state index contributed by atoms with van der Waals surface area (Å²) in [4.78, 5) is 45.2. The maximum atomic E-state index is 12.5. The molecule has 3 fully saturated rings. The van der Waals surface area contributed by atoms with E-state index < -0.39 is 46.1 Å². The minimum atomic E-state index is -5.10. The van der Waals surface area contributed by atoms with Crippen molar-refractivity contribution in [1.29, 1.82) is 0 Å². The Morgan fingerprint density at radius 3 is 2.35 bits per heavy atom. The number of likely N-dealkylation sites (tertiary alicyclic amines) is 1. The highest BCUT2D eigenvalue weighted by Crippen LogP contribution is 2.30. The molecule has 0 spiro atoms. The van der Waals surface area contributed by atoms with Gasteiger partial charge in [-0.25, -0.2) is 23.5 Å². The molecule has 3 heterocycles. The number of amides is 4. The van der Waals surface area contributed by atoms with Crippen LogP contribution in [0.3, 0.4) is 0 Å². The van der Waals surface area contributed by atoms with Crippen LogP contribution in [-0.2, 0) is 29.1 Å². The fraction of sp³-hybridized carbons (Fsp3) is 0.824. The summed E-state index contributed by atoms with van der Waals surface area (Å²) in [6, 6.07) is -2.33. The van der Waals surface area contributed by atoms with Gasteiger partial charge in [-0.1, -0.05) is 0 Å². The number of nitrogens with zero attached hydrogens (tertiary/aromatic N) is 3. The van der Waals surface area contributed by atoms with Crippen LogP contribution in [0.1, 0.15) is 46.5 Å². The van der Waals surface area contributed by atoms with Crippen molar-refractivity contribution in [2.75, 3.05) is 19.6 Å². The molecule has 13 nitrogen and oxygen atoms in total. The highest BCUT2D eigenvalue weighted by atomic mass is 32.3. The van der Waals surface area contributed by atoms with Gasteiger partial charge in [-0.15, -0.1) is 0 Å². The highest BCUT2D eigenvalue weighted by molar-refractivity contribution is 7.80. The van der Waals surface area contributed by atoms with Crippen molar-refractivity contribution < 1.29 is 41.2 Å². The maximum Gasteiger partial charge on any atom is 0.410 e. The summed E-state index contributed by atoms with van der Waals surface area (Å²) in [6.45, 7) is 6.28. The first-order chi connectivity index (χ1) is 14.3. The van der Waals surface area contributed by atoms with E-state index in [0.29, 0.717) is 37.4 Å². The van der Waals surface area contributed by atoms with E-state index in [4.69, 9.17) is 9.57 Å². The summed E-state index contributed by atoms with van der Waals surface area (Å²) in [5.41, 5.74) is 1.78. The molecule has 2 atom stereocenters. The number of urea groups is 1. The van der Waals surface area contributed by atoms with Crippen LogP contribution < -0.4 is 5.48 Å². The number of carbonyl (C=O) groups is 3. The number of piperidine rings is 2. The quantitative estimate of drug-likeness (QED) is 0.339. The summed E-state index contributed by atoms with van der Waals surface area (Å²) >= 11 is 0. The molecule has 3 rings (SSSR count). The number of hydroxylamine groups is 3. The summed E-state index contributed by atoms with van der Waals surface area (Å²) in [7, 11) is -5.10. The predicted molar refractivity (Wildman–Crippen MR) is 102 cm³/mol. The van der Waals surface area contributed by atoms with Gasteiger partial charge in [0, 0.05) is 19.6 Å². The zero-order chi connectivity index (χ0) is 23.0. The largest absolute Gasteiger partial charge is 0.724 e. The average Bonchev–Trinajstić information content (AvgIpc) is 2.89. The van der Waals surface area contributed by atoms with Gasteiger partial charge in [0.05, 0.1) is 12.1 Å². The van der Waals surface area contributed by atoms with Gasteiger partial charge in [-0.3, -0.25) is 9.63 Å². The lowest BCUT2D eigenvalue weighted by Gasteiger charge is -2.33. The van der Waals surface area contributed by atoms with Crippen molar-refractivity contribution in [2.24, 2.45) is 0 Å². The molecule has 3 saturated heterocycles. The van der Waals surface area contributed by atoms with E-state index in [9.17, 15) is 27.4 Å². The molecule has 0 radical (unpaired) electrons. The summed E-state index contributed by atoms with van der Waals surface area (Å²) < 4.78 is 42.0. The molecule has 31 heavy (non-hydrogen) atoms. The first kappa shape index (κ1) is 23.5. The van der Waals surface area contributed by atoms with E-state index in [-0.39, 0.29) is 19.1 Å². The summed E-state index contributed by atoms with van der Waals surface area (Å²) in [6.07, 6.45) is 0.853. The van der Waals surface area contributed by atoms with Crippen molar-refractivity contribution in [3.05, 3.63) is 0 Å². The molecule has 4 amide bonds. The lowest BCUT2D eigenvalue weighted by molar-refractivity contribution is -0.146. The van der Waals surface area contributed by atoms with Crippen LogP contribution in [0.15, 0.2) is 0 Å². The Balaban J connectivity index is 1.46. The van der Waals surface area contributed by atoms with E-state index in [1.54, 1.807) is 25.7 Å². The van der Waals surface area contributed by atoms with Crippen LogP contribution in [-0.4, -0.2) is 89.3 Å². The van der Waals surface area contributed by atoms with Gasteiger partial charge in [0.25, 0.3) is 5.91 Å². The average molecular weight is 463 g/mol. The van der Waals surface area contributed by atoms with Crippen molar-refractivity contribution in [2.45, 2.75) is 70.2 Å². The van der Waals surface area contributed by atoms with Gasteiger partial charge in [-0.2, -0.15) is 9.35 Å². The van der Waals surface area contributed by atoms with Gasteiger partial charge in [0.2, 0.25) is 10.4 Å². The lowest BCUT2D eigenvalue weighted by Crippen LogP contribution is -2.51. The predicted octanol–water partition coefficient (Wildman–Crippen LogP) is 0.0941. The first-order valence-corrected chi connectivity index (χ1v) is 11.4. The second kappa shape index (κ2) is 8.76. The summed E-state index contributed by atoms with van der Waals surface area (Å²) in [5.74, 6) is -0.548. The Morgan fingerprint density at radius 2 is 1.77 bits per heavy atom. The van der Waals surface area contributed by atoms with Crippen LogP contribution in [0.5, 0.6) is 0 Å². The van der Waals surface area contributed by atoms with Gasteiger partial charge in [0.15, 0.2) is 0 Å². The molecule has 14 heteroatoms. The summed E-state index contributed by atoms with van der Waals surface area (Å²) in [5, 5.41) is 0.517. The Morgan fingerprint density at radius 1 is 1.13 bits per heavy atom. The van der Waals surface area contributed by atoms with Crippen LogP contribution in [0.25, 0.3) is 0 Å². The number of hydrogen-bond acceptors (Lipinski definition) is 9. The second-order valence-corrected chi connectivity index (χ2v) is 9.71. The number of rotatable bonds is 5. The SMILES string of the molecule is CC(C)(C)OC(=O)N1CCC(ONC(=O)[C@@H]2CC[C@@H]3CN2C(=O)N3OS(=O)(=O)[O-])CC1. The minimum absolute atomic E-state index is 0.0702. The Hall–Kier alpha value is -2.16. The van der Waals surface area contributed by atoms with E-state index in [2.05, 4.69) is 9.76 Å². The Bertz CT molecular complexity index is 820. The molecule has 0 aromatic heterocycles. The molecule has 2 bridgehead atoms.